The molecular formula is C21H30N4O5S. The molecule has 0 aliphatic heterocycles. The molecule has 9 nitrogen and oxygen atoms in total. The highest BCUT2D eigenvalue weighted by molar-refractivity contribution is 7.91. The summed E-state index contributed by atoms with van der Waals surface area (Å²) < 4.78 is 26.8. The molecule has 0 radical (unpaired) electrons. The Labute approximate surface area is 180 Å². The highest BCUT2D eigenvalue weighted by Gasteiger charge is 2.59. The van der Waals surface area contributed by atoms with Gasteiger partial charge < -0.3 is 10.1 Å². The van der Waals surface area contributed by atoms with Gasteiger partial charge in [-0.2, -0.15) is 0 Å². The molecule has 4 aliphatic carbocycles. The van der Waals surface area contributed by atoms with Gasteiger partial charge in [0.15, 0.2) is 15.5 Å². The fourth-order valence-corrected chi connectivity index (χ4v) is 7.62. The van der Waals surface area contributed by atoms with Gasteiger partial charge in [0.2, 0.25) is 0 Å². The van der Waals surface area contributed by atoms with Crippen molar-refractivity contribution < 1.29 is 13.5 Å². The van der Waals surface area contributed by atoms with Crippen LogP contribution in [0.25, 0.3) is 11.2 Å². The zero-order chi connectivity index (χ0) is 22.0. The van der Waals surface area contributed by atoms with Crippen LogP contribution in [-0.4, -0.2) is 50.7 Å². The summed E-state index contributed by atoms with van der Waals surface area (Å²) in [5, 5.41) is 9.00. The number of rotatable bonds is 8. The van der Waals surface area contributed by atoms with Crippen molar-refractivity contribution in [3.8, 4) is 0 Å². The Kier molecular flexibility index (Phi) is 4.93. The van der Waals surface area contributed by atoms with Gasteiger partial charge in [-0.05, 0) is 56.3 Å². The Morgan fingerprint density at radius 1 is 1.10 bits per heavy atom. The maximum atomic E-state index is 13.1. The molecule has 2 aromatic heterocycles. The second-order valence-electron chi connectivity index (χ2n) is 9.75. The summed E-state index contributed by atoms with van der Waals surface area (Å²) in [7, 11) is -3.51. The van der Waals surface area contributed by atoms with Gasteiger partial charge in [-0.3, -0.25) is 13.9 Å². The molecule has 2 unspecified atom stereocenters. The van der Waals surface area contributed by atoms with E-state index >= 15 is 0 Å². The highest BCUT2D eigenvalue weighted by Crippen LogP contribution is 2.65. The molecule has 2 aromatic rings. The number of H-pyrrole nitrogens is 1. The largest absolute Gasteiger partial charge is 0.395 e. The van der Waals surface area contributed by atoms with Crippen LogP contribution in [0.2, 0.25) is 0 Å². The van der Waals surface area contributed by atoms with Crippen molar-refractivity contribution in [2.24, 2.45) is 17.8 Å². The summed E-state index contributed by atoms with van der Waals surface area (Å²) in [5.74, 6) is 2.17. The standard InChI is InChI=1S/C21H30N4O5S/c1-2-3-25-18(27)16-17(24(20(25)28)4-6-31(29,30)7-5-26)23-19(22-16)21-11-13-8-14(12-21)10-15(21)9-13/h13-15,26H,2-12H2,1H3,(H,22,23). The smallest absolute Gasteiger partial charge is 0.332 e. The third kappa shape index (κ3) is 3.21. The van der Waals surface area contributed by atoms with Gasteiger partial charge in [0.1, 0.15) is 11.3 Å². The van der Waals surface area contributed by atoms with E-state index in [4.69, 9.17) is 10.1 Å². The van der Waals surface area contributed by atoms with Crippen LogP contribution >= 0.6 is 0 Å². The van der Waals surface area contributed by atoms with Crippen LogP contribution in [0.1, 0.15) is 51.3 Å². The second kappa shape index (κ2) is 7.30. The SMILES string of the molecule is CCCn1c(=O)c2[nH]c(C34CC5CC(CC3C5)C4)nc2n(CCS(=O)(=O)CCO)c1=O. The second-order valence-corrected chi connectivity index (χ2v) is 12.1. The highest BCUT2D eigenvalue weighted by atomic mass is 32.2. The van der Waals surface area contributed by atoms with Gasteiger partial charge in [-0.1, -0.05) is 6.92 Å². The molecule has 2 heterocycles. The number of aryl methyl sites for hydroxylation is 1. The number of sulfone groups is 1. The molecule has 4 aliphatic rings. The van der Waals surface area contributed by atoms with E-state index in [9.17, 15) is 18.0 Å². The summed E-state index contributed by atoms with van der Waals surface area (Å²) in [6.45, 7) is 1.61. The molecule has 4 saturated carbocycles. The summed E-state index contributed by atoms with van der Waals surface area (Å²) >= 11 is 0. The van der Waals surface area contributed by atoms with Gasteiger partial charge in [-0.15, -0.1) is 0 Å². The fourth-order valence-electron chi connectivity index (χ4n) is 6.68. The Bertz CT molecular complexity index is 1230. The number of hydrogen-bond acceptors (Lipinski definition) is 6. The summed E-state index contributed by atoms with van der Waals surface area (Å²) in [4.78, 5) is 34.3. The molecule has 0 saturated heterocycles. The van der Waals surface area contributed by atoms with Crippen molar-refractivity contribution >= 4 is 21.0 Å². The maximum Gasteiger partial charge on any atom is 0.332 e. The molecule has 4 bridgehead atoms. The quantitative estimate of drug-likeness (QED) is 0.612. The summed E-state index contributed by atoms with van der Waals surface area (Å²) in [6, 6.07) is 0. The van der Waals surface area contributed by atoms with Crippen molar-refractivity contribution in [3.63, 3.8) is 0 Å². The van der Waals surface area contributed by atoms with Gasteiger partial charge in [0.05, 0.1) is 18.1 Å². The molecule has 2 N–H and O–H groups in total. The lowest BCUT2D eigenvalue weighted by atomic mass is 9.75. The number of fused-ring (bicyclic) bond motifs is 1. The van der Waals surface area contributed by atoms with E-state index in [1.54, 1.807) is 0 Å². The monoisotopic (exact) mass is 450 g/mol. The van der Waals surface area contributed by atoms with E-state index in [0.717, 1.165) is 18.7 Å². The molecule has 2 atom stereocenters. The van der Waals surface area contributed by atoms with Crippen LogP contribution in [0.4, 0.5) is 0 Å². The van der Waals surface area contributed by atoms with E-state index < -0.39 is 22.1 Å². The first kappa shape index (κ1) is 20.9. The normalized spacial score (nSPS) is 29.4. The number of nitrogens with one attached hydrogen (secondary N) is 1. The Hall–Kier alpha value is -1.94. The van der Waals surface area contributed by atoms with Crippen LogP contribution in [0, 0.1) is 17.8 Å². The Morgan fingerprint density at radius 2 is 1.81 bits per heavy atom. The number of imidazole rings is 1. The zero-order valence-electron chi connectivity index (χ0n) is 17.8. The lowest BCUT2D eigenvalue weighted by molar-refractivity contribution is 0.262. The van der Waals surface area contributed by atoms with Gasteiger partial charge in [0, 0.05) is 18.5 Å². The van der Waals surface area contributed by atoms with Crippen molar-refractivity contribution in [1.82, 2.24) is 19.1 Å². The number of aromatic amines is 1. The van der Waals surface area contributed by atoms with Crippen LogP contribution in [-0.2, 0) is 28.3 Å². The van der Waals surface area contributed by atoms with Crippen LogP contribution < -0.4 is 11.2 Å². The van der Waals surface area contributed by atoms with Crippen molar-refractivity contribution in [2.75, 3.05) is 18.1 Å². The molecule has 31 heavy (non-hydrogen) atoms. The van der Waals surface area contributed by atoms with Gasteiger partial charge >= 0.3 is 5.69 Å². The number of hydrogen-bond donors (Lipinski definition) is 2. The van der Waals surface area contributed by atoms with Crippen molar-refractivity contribution in [3.05, 3.63) is 26.7 Å². The fraction of sp³-hybridized carbons (Fsp3) is 0.762. The van der Waals surface area contributed by atoms with E-state index in [1.807, 2.05) is 6.92 Å². The third-order valence-corrected chi connectivity index (χ3v) is 9.41. The minimum Gasteiger partial charge on any atom is -0.395 e. The lowest BCUT2D eigenvalue weighted by Gasteiger charge is -2.30. The number of aromatic nitrogens is 4. The molecule has 0 aromatic carbocycles. The molecule has 4 fully saturated rings. The first-order chi connectivity index (χ1) is 14.8. The molecule has 170 valence electrons. The maximum absolute atomic E-state index is 13.1. The van der Waals surface area contributed by atoms with E-state index in [-0.39, 0.29) is 41.2 Å². The first-order valence-corrected chi connectivity index (χ1v) is 13.1. The minimum atomic E-state index is -3.51. The van der Waals surface area contributed by atoms with Crippen LogP contribution in [0.3, 0.4) is 0 Å². The average Bonchev–Trinajstić information content (AvgIpc) is 3.33. The van der Waals surface area contributed by atoms with Gasteiger partial charge in [0.25, 0.3) is 5.56 Å². The van der Waals surface area contributed by atoms with E-state index in [0.29, 0.717) is 29.7 Å². The number of aliphatic hydroxyl groups is 1. The molecule has 6 rings (SSSR count). The first-order valence-electron chi connectivity index (χ1n) is 11.3. The van der Waals surface area contributed by atoms with Crippen molar-refractivity contribution in [2.45, 2.75) is 64.0 Å². The van der Waals surface area contributed by atoms with Crippen LogP contribution in [0.5, 0.6) is 0 Å². The number of nitrogens with zero attached hydrogens (tertiary/aromatic N) is 3. The van der Waals surface area contributed by atoms with Crippen molar-refractivity contribution in [1.29, 1.82) is 0 Å². The van der Waals surface area contributed by atoms with Crippen LogP contribution in [0.15, 0.2) is 9.59 Å². The lowest BCUT2D eigenvalue weighted by Crippen LogP contribution is -2.41. The molecule has 0 amide bonds. The van der Waals surface area contributed by atoms with Gasteiger partial charge in [-0.25, -0.2) is 18.2 Å². The zero-order valence-corrected chi connectivity index (χ0v) is 18.7. The number of aliphatic hydroxyl groups excluding tert-OH is 1. The predicted molar refractivity (Wildman–Crippen MR) is 116 cm³/mol. The molecule has 0 spiro atoms. The summed E-state index contributed by atoms with van der Waals surface area (Å²) in [5.41, 5.74) is -0.394. The third-order valence-electron chi connectivity index (χ3n) is 7.80. The Morgan fingerprint density at radius 3 is 2.45 bits per heavy atom. The minimum absolute atomic E-state index is 0.0432. The predicted octanol–water partition coefficient (Wildman–Crippen LogP) is 0.781. The van der Waals surface area contributed by atoms with E-state index in [1.165, 1.54) is 28.4 Å². The molecular weight excluding hydrogens is 420 g/mol. The van der Waals surface area contributed by atoms with E-state index in [2.05, 4.69) is 4.98 Å². The average molecular weight is 451 g/mol. The molecule has 10 heteroatoms. The summed E-state index contributed by atoms with van der Waals surface area (Å²) in [6.07, 6.45) is 6.47. The Balaban J connectivity index is 1.63. The topological polar surface area (TPSA) is 127 Å².